The molecule has 1 aromatic carbocycles. The molecule has 112 valence electrons. The van der Waals surface area contributed by atoms with Crippen molar-refractivity contribution < 1.29 is 4.39 Å². The van der Waals surface area contributed by atoms with Gasteiger partial charge in [-0.25, -0.2) is 9.37 Å². The fraction of sp³-hybridized carbons (Fsp3) is 0.353. The van der Waals surface area contributed by atoms with E-state index in [4.69, 9.17) is 0 Å². The van der Waals surface area contributed by atoms with Crippen LogP contribution in [-0.4, -0.2) is 17.6 Å². The van der Waals surface area contributed by atoms with Crippen LogP contribution >= 0.6 is 0 Å². The van der Waals surface area contributed by atoms with E-state index >= 15 is 0 Å². The normalized spacial score (nSPS) is 11.5. The van der Waals surface area contributed by atoms with Gasteiger partial charge in [0, 0.05) is 36.6 Å². The van der Waals surface area contributed by atoms with Crippen molar-refractivity contribution in [3.8, 4) is 0 Å². The molecule has 0 spiro atoms. The highest BCUT2D eigenvalue weighted by Gasteiger charge is 2.14. The average Bonchev–Trinajstić information content (AvgIpc) is 2.44. The van der Waals surface area contributed by atoms with E-state index in [1.165, 1.54) is 12.1 Å². The van der Waals surface area contributed by atoms with Gasteiger partial charge in [0.25, 0.3) is 0 Å². The van der Waals surface area contributed by atoms with Crippen molar-refractivity contribution in [2.24, 2.45) is 0 Å². The van der Waals surface area contributed by atoms with Gasteiger partial charge in [-0.15, -0.1) is 0 Å². The summed E-state index contributed by atoms with van der Waals surface area (Å²) in [6.45, 7) is 7.09. The third-order valence-corrected chi connectivity index (χ3v) is 3.19. The number of nitrogens with zero attached hydrogens (tertiary/aromatic N) is 2. The Bertz CT molecular complexity index is 605. The number of nitrogens with one attached hydrogen (secondary N) is 1. The molecule has 0 aliphatic rings. The van der Waals surface area contributed by atoms with Crippen LogP contribution < -0.4 is 10.2 Å². The molecule has 1 heterocycles. The van der Waals surface area contributed by atoms with Crippen molar-refractivity contribution in [3.05, 3.63) is 54.0 Å². The lowest BCUT2D eigenvalue weighted by Crippen LogP contribution is -2.35. The SMILES string of the molecule is CN(c1cccc(F)c1)c1ncccc1CNC(C)(C)C. The van der Waals surface area contributed by atoms with E-state index in [1.54, 1.807) is 12.3 Å². The molecule has 21 heavy (non-hydrogen) atoms. The molecule has 0 aliphatic heterocycles. The van der Waals surface area contributed by atoms with E-state index in [0.717, 1.165) is 17.1 Å². The predicted molar refractivity (Wildman–Crippen MR) is 85.3 cm³/mol. The van der Waals surface area contributed by atoms with E-state index in [-0.39, 0.29) is 11.4 Å². The predicted octanol–water partition coefficient (Wildman–Crippen LogP) is 3.88. The molecule has 4 heteroatoms. The molecule has 3 nitrogen and oxygen atoms in total. The summed E-state index contributed by atoms with van der Waals surface area (Å²) in [6.07, 6.45) is 1.76. The van der Waals surface area contributed by atoms with Gasteiger partial charge < -0.3 is 10.2 Å². The zero-order chi connectivity index (χ0) is 15.5. The Balaban J connectivity index is 2.27. The summed E-state index contributed by atoms with van der Waals surface area (Å²) < 4.78 is 13.4. The third kappa shape index (κ3) is 4.26. The molecule has 0 saturated heterocycles. The second-order valence-electron chi connectivity index (χ2n) is 6.13. The Kier molecular flexibility index (Phi) is 4.58. The molecule has 1 N–H and O–H groups in total. The zero-order valence-electron chi connectivity index (χ0n) is 13.0. The maximum absolute atomic E-state index is 13.4. The van der Waals surface area contributed by atoms with Crippen molar-refractivity contribution in [2.75, 3.05) is 11.9 Å². The van der Waals surface area contributed by atoms with Crippen LogP contribution in [0, 0.1) is 5.82 Å². The first-order chi connectivity index (χ1) is 9.87. The summed E-state index contributed by atoms with van der Waals surface area (Å²) in [6, 6.07) is 10.5. The van der Waals surface area contributed by atoms with E-state index in [1.807, 2.05) is 30.1 Å². The van der Waals surface area contributed by atoms with Crippen LogP contribution in [0.5, 0.6) is 0 Å². The van der Waals surface area contributed by atoms with Crippen LogP contribution in [0.4, 0.5) is 15.9 Å². The van der Waals surface area contributed by atoms with E-state index < -0.39 is 0 Å². The van der Waals surface area contributed by atoms with Crippen molar-refractivity contribution in [1.82, 2.24) is 10.3 Å². The van der Waals surface area contributed by atoms with Crippen molar-refractivity contribution in [3.63, 3.8) is 0 Å². The van der Waals surface area contributed by atoms with Gasteiger partial charge in [0.15, 0.2) is 0 Å². The minimum absolute atomic E-state index is 0.0323. The monoisotopic (exact) mass is 287 g/mol. The van der Waals surface area contributed by atoms with Crippen LogP contribution in [0.1, 0.15) is 26.3 Å². The summed E-state index contributed by atoms with van der Waals surface area (Å²) in [4.78, 5) is 6.35. The van der Waals surface area contributed by atoms with Crippen molar-refractivity contribution >= 4 is 11.5 Å². The lowest BCUT2D eigenvalue weighted by atomic mass is 10.1. The van der Waals surface area contributed by atoms with Gasteiger partial charge in [-0.3, -0.25) is 0 Å². The van der Waals surface area contributed by atoms with Gasteiger partial charge in [0.2, 0.25) is 0 Å². The molecule has 0 aliphatic carbocycles. The molecule has 2 rings (SSSR count). The van der Waals surface area contributed by atoms with Crippen LogP contribution in [0.3, 0.4) is 0 Å². The summed E-state index contributed by atoms with van der Waals surface area (Å²) in [5.74, 6) is 0.587. The van der Waals surface area contributed by atoms with Gasteiger partial charge in [-0.2, -0.15) is 0 Å². The quantitative estimate of drug-likeness (QED) is 0.925. The Morgan fingerprint density at radius 1 is 1.19 bits per heavy atom. The molecule has 0 saturated carbocycles. The van der Waals surface area contributed by atoms with Crippen LogP contribution in [0.15, 0.2) is 42.6 Å². The number of anilines is 2. The Labute approximate surface area is 125 Å². The summed E-state index contributed by atoms with van der Waals surface area (Å²) in [7, 11) is 1.90. The van der Waals surface area contributed by atoms with E-state index in [2.05, 4.69) is 31.1 Å². The van der Waals surface area contributed by atoms with Gasteiger partial charge >= 0.3 is 0 Å². The zero-order valence-corrected chi connectivity index (χ0v) is 13.0. The topological polar surface area (TPSA) is 28.2 Å². The maximum Gasteiger partial charge on any atom is 0.137 e. The standard InChI is InChI=1S/C17H22FN3/c1-17(2,3)20-12-13-7-6-10-19-16(13)21(4)15-9-5-8-14(18)11-15/h5-11,20H,12H2,1-4H3. The molecule has 0 atom stereocenters. The minimum Gasteiger partial charge on any atom is -0.329 e. The second-order valence-corrected chi connectivity index (χ2v) is 6.13. The van der Waals surface area contributed by atoms with E-state index in [9.17, 15) is 4.39 Å². The Morgan fingerprint density at radius 3 is 2.62 bits per heavy atom. The highest BCUT2D eigenvalue weighted by Crippen LogP contribution is 2.25. The molecular formula is C17H22FN3. The number of aromatic nitrogens is 1. The van der Waals surface area contributed by atoms with Gasteiger partial charge in [0.05, 0.1) is 0 Å². The largest absolute Gasteiger partial charge is 0.329 e. The number of pyridine rings is 1. The lowest BCUT2D eigenvalue weighted by molar-refractivity contribution is 0.424. The first-order valence-electron chi connectivity index (χ1n) is 7.05. The van der Waals surface area contributed by atoms with Crippen LogP contribution in [-0.2, 0) is 6.54 Å². The molecular weight excluding hydrogens is 265 g/mol. The summed E-state index contributed by atoms with van der Waals surface area (Å²) in [5.41, 5.74) is 1.90. The highest BCUT2D eigenvalue weighted by molar-refractivity contribution is 5.61. The molecule has 0 amide bonds. The summed E-state index contributed by atoms with van der Waals surface area (Å²) in [5, 5.41) is 3.46. The first kappa shape index (κ1) is 15.4. The number of rotatable bonds is 4. The number of halogens is 1. The lowest BCUT2D eigenvalue weighted by Gasteiger charge is -2.24. The van der Waals surface area contributed by atoms with Crippen molar-refractivity contribution in [2.45, 2.75) is 32.9 Å². The van der Waals surface area contributed by atoms with Crippen LogP contribution in [0.25, 0.3) is 0 Å². The van der Waals surface area contributed by atoms with Crippen LogP contribution in [0.2, 0.25) is 0 Å². The first-order valence-corrected chi connectivity index (χ1v) is 7.05. The fourth-order valence-electron chi connectivity index (χ4n) is 2.04. The third-order valence-electron chi connectivity index (χ3n) is 3.19. The highest BCUT2D eigenvalue weighted by atomic mass is 19.1. The molecule has 0 fully saturated rings. The Hall–Kier alpha value is -1.94. The minimum atomic E-state index is -0.246. The number of hydrogen-bond donors (Lipinski definition) is 1. The summed E-state index contributed by atoms with van der Waals surface area (Å²) >= 11 is 0. The molecule has 0 unspecified atom stereocenters. The second kappa shape index (κ2) is 6.22. The van der Waals surface area contributed by atoms with E-state index in [0.29, 0.717) is 6.54 Å². The average molecular weight is 287 g/mol. The smallest absolute Gasteiger partial charge is 0.137 e. The number of benzene rings is 1. The maximum atomic E-state index is 13.4. The molecule has 2 aromatic rings. The fourth-order valence-corrected chi connectivity index (χ4v) is 2.04. The molecule has 0 bridgehead atoms. The number of hydrogen-bond acceptors (Lipinski definition) is 3. The van der Waals surface area contributed by atoms with Gasteiger partial charge in [0.1, 0.15) is 11.6 Å². The Morgan fingerprint density at radius 2 is 1.95 bits per heavy atom. The van der Waals surface area contributed by atoms with Gasteiger partial charge in [-0.05, 0) is 45.0 Å². The molecule has 0 radical (unpaired) electrons. The van der Waals surface area contributed by atoms with Gasteiger partial charge in [-0.1, -0.05) is 12.1 Å². The molecule has 1 aromatic heterocycles. The van der Waals surface area contributed by atoms with Crippen molar-refractivity contribution in [1.29, 1.82) is 0 Å².